The van der Waals surface area contributed by atoms with Crippen molar-refractivity contribution in [1.82, 2.24) is 10.3 Å². The molecule has 1 amide bonds. The molecular weight excluding hydrogens is 600 g/mol. The predicted octanol–water partition coefficient (Wildman–Crippen LogP) is 6.34. The molecule has 3 fully saturated rings. The second kappa shape index (κ2) is 10.5. The largest absolute Gasteiger partial charge is 0.445 e. The van der Waals surface area contributed by atoms with Crippen LogP contribution in [0.25, 0.3) is 11.5 Å². The third kappa shape index (κ3) is 5.10. The van der Waals surface area contributed by atoms with E-state index < -0.39 is 51.8 Å². The van der Waals surface area contributed by atoms with Crippen LogP contribution in [0, 0.1) is 35.2 Å². The second-order valence-electron chi connectivity index (χ2n) is 12.0. The van der Waals surface area contributed by atoms with Crippen molar-refractivity contribution in [2.24, 2.45) is 17.8 Å². The van der Waals surface area contributed by atoms with Crippen LogP contribution in [0.3, 0.4) is 0 Å². The van der Waals surface area contributed by atoms with E-state index in [1.165, 1.54) is 37.9 Å². The Morgan fingerprint density at radius 2 is 1.65 bits per heavy atom. The SMILES string of the molecule is Cl.O=C1N(C[C@H]2C[C@H](NC(C3CC3)C3CC3)C2)c2cc(-c3ncco3)cc(C(F)(F)F)c2C1(O)c1c(F)cc(F)cc1F. The van der Waals surface area contributed by atoms with Crippen molar-refractivity contribution >= 4 is 24.0 Å². The van der Waals surface area contributed by atoms with Crippen LogP contribution >= 0.6 is 12.4 Å². The molecule has 0 radical (unpaired) electrons. The number of anilines is 1. The Balaban J connectivity index is 0.00000329. The van der Waals surface area contributed by atoms with Gasteiger partial charge in [0.25, 0.3) is 5.91 Å². The molecule has 0 bridgehead atoms. The molecule has 3 aliphatic carbocycles. The summed E-state index contributed by atoms with van der Waals surface area (Å²) in [6.45, 7) is -0.0827. The zero-order chi connectivity index (χ0) is 29.6. The van der Waals surface area contributed by atoms with Gasteiger partial charge < -0.3 is 19.7 Å². The summed E-state index contributed by atoms with van der Waals surface area (Å²) in [7, 11) is 0. The summed E-state index contributed by atoms with van der Waals surface area (Å²) in [6.07, 6.45) is 3.35. The van der Waals surface area contributed by atoms with Gasteiger partial charge in [0.05, 0.1) is 23.0 Å². The van der Waals surface area contributed by atoms with E-state index in [0.717, 1.165) is 11.2 Å². The third-order valence-corrected chi connectivity index (χ3v) is 9.04. The first kappa shape index (κ1) is 30.0. The number of halogens is 7. The number of benzene rings is 2. The normalized spacial score (nSPS) is 25.1. The molecule has 3 saturated carbocycles. The predicted molar refractivity (Wildman–Crippen MR) is 145 cm³/mol. The number of hydrogen-bond acceptors (Lipinski definition) is 5. The lowest BCUT2D eigenvalue weighted by Crippen LogP contribution is -2.52. The molecule has 4 aliphatic rings. The maximum atomic E-state index is 15.1. The molecule has 7 rings (SSSR count). The molecule has 3 aromatic rings. The molecule has 1 atom stereocenters. The van der Waals surface area contributed by atoms with Gasteiger partial charge in [-0.3, -0.25) is 4.79 Å². The fraction of sp³-hybridized carbons (Fsp3) is 0.467. The lowest BCUT2D eigenvalue weighted by molar-refractivity contribution is -0.142. The zero-order valence-electron chi connectivity index (χ0n) is 22.6. The van der Waals surface area contributed by atoms with Gasteiger partial charge in [0.1, 0.15) is 23.7 Å². The topological polar surface area (TPSA) is 78.6 Å². The Hall–Kier alpha value is -3.09. The number of rotatable bonds is 8. The minimum Gasteiger partial charge on any atom is -0.445 e. The highest BCUT2D eigenvalue weighted by Gasteiger charge is 2.58. The van der Waals surface area contributed by atoms with Crippen molar-refractivity contribution in [2.45, 2.75) is 62.4 Å². The number of aliphatic hydroxyl groups is 1. The molecule has 2 aromatic carbocycles. The van der Waals surface area contributed by atoms with E-state index in [0.29, 0.717) is 36.8 Å². The van der Waals surface area contributed by atoms with Gasteiger partial charge in [0, 0.05) is 41.9 Å². The zero-order valence-corrected chi connectivity index (χ0v) is 23.5. The molecule has 1 unspecified atom stereocenters. The fourth-order valence-corrected chi connectivity index (χ4v) is 6.76. The number of nitrogens with one attached hydrogen (secondary N) is 1. The minimum absolute atomic E-state index is 0. The minimum atomic E-state index is -5.16. The Labute approximate surface area is 248 Å². The first-order chi connectivity index (χ1) is 19.9. The van der Waals surface area contributed by atoms with Crippen molar-refractivity contribution in [1.29, 1.82) is 0 Å². The van der Waals surface area contributed by atoms with Gasteiger partial charge in [-0.2, -0.15) is 13.2 Å². The number of oxazole rings is 1. The summed E-state index contributed by atoms with van der Waals surface area (Å²) in [6, 6.07) is 2.89. The van der Waals surface area contributed by atoms with E-state index in [9.17, 15) is 27.5 Å². The molecule has 6 nitrogen and oxygen atoms in total. The van der Waals surface area contributed by atoms with Gasteiger partial charge >= 0.3 is 6.18 Å². The van der Waals surface area contributed by atoms with Crippen molar-refractivity contribution in [3.05, 3.63) is 70.9 Å². The fourth-order valence-electron chi connectivity index (χ4n) is 6.76. The highest BCUT2D eigenvalue weighted by Crippen LogP contribution is 2.53. The molecule has 2 heterocycles. The number of carbonyl (C=O) groups is 1. The summed E-state index contributed by atoms with van der Waals surface area (Å²) >= 11 is 0. The molecule has 2 N–H and O–H groups in total. The highest BCUT2D eigenvalue weighted by molar-refractivity contribution is 6.10. The molecule has 0 saturated heterocycles. The van der Waals surface area contributed by atoms with E-state index in [1.807, 2.05) is 0 Å². The van der Waals surface area contributed by atoms with Crippen molar-refractivity contribution in [2.75, 3.05) is 11.4 Å². The van der Waals surface area contributed by atoms with Crippen LogP contribution < -0.4 is 10.2 Å². The Kier molecular flexibility index (Phi) is 7.33. The van der Waals surface area contributed by atoms with Crippen LogP contribution in [-0.4, -0.2) is 34.6 Å². The Bertz CT molecular complexity index is 1520. The van der Waals surface area contributed by atoms with Crippen LogP contribution in [0.5, 0.6) is 0 Å². The molecule has 230 valence electrons. The first-order valence-electron chi connectivity index (χ1n) is 14.1. The average Bonchev–Trinajstić information content (AvgIpc) is 3.83. The monoisotopic (exact) mass is 627 g/mol. The van der Waals surface area contributed by atoms with Crippen molar-refractivity contribution in [3.8, 4) is 11.5 Å². The number of aromatic nitrogens is 1. The summed E-state index contributed by atoms with van der Waals surface area (Å²) in [5.74, 6) is -5.02. The van der Waals surface area contributed by atoms with Crippen molar-refractivity contribution < 1.29 is 40.7 Å². The van der Waals surface area contributed by atoms with E-state index >= 15 is 8.78 Å². The van der Waals surface area contributed by atoms with Gasteiger partial charge in [0.2, 0.25) is 11.5 Å². The van der Waals surface area contributed by atoms with Gasteiger partial charge in [-0.05, 0) is 68.4 Å². The maximum absolute atomic E-state index is 15.1. The van der Waals surface area contributed by atoms with Gasteiger partial charge in [-0.1, -0.05) is 0 Å². The maximum Gasteiger partial charge on any atom is 0.416 e. The second-order valence-corrected chi connectivity index (χ2v) is 12.0. The number of carbonyl (C=O) groups excluding carboxylic acids is 1. The summed E-state index contributed by atoms with van der Waals surface area (Å²) in [5, 5.41) is 15.5. The molecule has 0 spiro atoms. The average molecular weight is 628 g/mol. The lowest BCUT2D eigenvalue weighted by atomic mass is 9.79. The molecule has 43 heavy (non-hydrogen) atoms. The van der Waals surface area contributed by atoms with Crippen LogP contribution in [0.4, 0.5) is 32.0 Å². The number of nitrogens with zero attached hydrogens (tertiary/aromatic N) is 2. The smallest absolute Gasteiger partial charge is 0.416 e. The molecule has 1 aromatic heterocycles. The van der Waals surface area contributed by atoms with E-state index in [4.69, 9.17) is 4.42 Å². The quantitative estimate of drug-likeness (QED) is 0.285. The van der Waals surface area contributed by atoms with Gasteiger partial charge in [0.15, 0.2) is 0 Å². The summed E-state index contributed by atoms with van der Waals surface area (Å²) < 4.78 is 92.7. The number of hydrogen-bond donors (Lipinski definition) is 2. The molecule has 13 heteroatoms. The first-order valence-corrected chi connectivity index (χ1v) is 14.1. The molecular formula is C30H28ClF6N3O3. The number of fused-ring (bicyclic) bond motifs is 1. The van der Waals surface area contributed by atoms with E-state index in [2.05, 4.69) is 10.3 Å². The summed E-state index contributed by atoms with van der Waals surface area (Å²) in [4.78, 5) is 18.8. The third-order valence-electron chi connectivity index (χ3n) is 9.04. The van der Waals surface area contributed by atoms with Crippen molar-refractivity contribution in [3.63, 3.8) is 0 Å². The van der Waals surface area contributed by atoms with Crippen LogP contribution in [0.2, 0.25) is 0 Å². The van der Waals surface area contributed by atoms with E-state index in [1.54, 1.807) is 0 Å². The van der Waals surface area contributed by atoms with Crippen LogP contribution in [-0.2, 0) is 16.6 Å². The number of alkyl halides is 3. The highest BCUT2D eigenvalue weighted by atomic mass is 35.5. The van der Waals surface area contributed by atoms with Crippen LogP contribution in [0.1, 0.15) is 55.2 Å². The standard InChI is InChI=1S/C30H27F6N3O3.ClH/c31-18-11-21(32)25(22(33)12-18)29(41)24-20(30(34,35)36)9-17(27-37-5-6-42-27)10-23(24)39(28(29)40)13-14-7-19(8-14)38-26(15-1-2-15)16-3-4-16;/h5-6,9-12,14-16,19,26,38,41H,1-4,7-8,13H2;1H/t14-,19-,29?;. The van der Waals surface area contributed by atoms with E-state index in [-0.39, 0.29) is 60.2 Å². The summed E-state index contributed by atoms with van der Waals surface area (Å²) in [5.41, 5.74) is -7.77. The van der Waals surface area contributed by atoms with Crippen LogP contribution in [0.15, 0.2) is 41.1 Å². The Morgan fingerprint density at radius 1 is 1.02 bits per heavy atom. The number of amides is 1. The molecule has 1 aliphatic heterocycles. The lowest BCUT2D eigenvalue weighted by Gasteiger charge is -2.40. The Morgan fingerprint density at radius 3 is 2.19 bits per heavy atom. The van der Waals surface area contributed by atoms with Gasteiger partial charge in [-0.25, -0.2) is 18.2 Å². The van der Waals surface area contributed by atoms with Gasteiger partial charge in [-0.15, -0.1) is 12.4 Å².